The van der Waals surface area contributed by atoms with Gasteiger partial charge in [-0.3, -0.25) is 4.79 Å². The monoisotopic (exact) mass is 394 g/mol. The first-order valence-corrected chi connectivity index (χ1v) is 9.73. The number of ether oxygens (including phenoxy) is 1. The summed E-state index contributed by atoms with van der Waals surface area (Å²) >= 11 is 0. The normalized spacial score (nSPS) is 17.1. The Labute approximate surface area is 167 Å². The highest BCUT2D eigenvalue weighted by atomic mass is 35.5. The Morgan fingerprint density at radius 3 is 2.78 bits per heavy atom. The van der Waals surface area contributed by atoms with Crippen molar-refractivity contribution in [3.63, 3.8) is 0 Å². The number of hydrogen-bond acceptors (Lipinski definition) is 4. The van der Waals surface area contributed by atoms with Crippen molar-refractivity contribution in [1.82, 2.24) is 10.6 Å². The van der Waals surface area contributed by atoms with Crippen LogP contribution in [0.5, 0.6) is 5.75 Å². The van der Waals surface area contributed by atoms with Crippen LogP contribution >= 0.6 is 12.4 Å². The van der Waals surface area contributed by atoms with Crippen molar-refractivity contribution in [2.24, 2.45) is 11.8 Å². The first-order valence-electron chi connectivity index (χ1n) is 9.73. The van der Waals surface area contributed by atoms with Gasteiger partial charge < -0.3 is 19.8 Å². The van der Waals surface area contributed by atoms with Crippen LogP contribution < -0.4 is 15.4 Å². The molecule has 1 amide bonds. The number of rotatable bonds is 7. The number of nitrogens with one attached hydrogen (secondary N) is 2. The van der Waals surface area contributed by atoms with Crippen LogP contribution in [-0.4, -0.2) is 25.6 Å². The van der Waals surface area contributed by atoms with Crippen molar-refractivity contribution >= 4 is 29.3 Å². The zero-order chi connectivity index (χ0) is 18.5. The summed E-state index contributed by atoms with van der Waals surface area (Å²) in [6.07, 6.45) is 2.89. The van der Waals surface area contributed by atoms with Crippen LogP contribution in [-0.2, 0) is 4.79 Å². The molecule has 3 rings (SSSR count). The summed E-state index contributed by atoms with van der Waals surface area (Å²) in [5.74, 6) is 2.64. The van der Waals surface area contributed by atoms with E-state index in [1.54, 1.807) is 0 Å². The maximum atomic E-state index is 12.5. The standard InChI is InChI=1S/C21H30N2O3.ClH/c1-4-25-18-7-5-6-17-13-19(26-21(17)18)15(3)23-20(24)12-14(2)16-8-10-22-11-9-16;/h5-7,13-16,22H,4,8-12H2,1-3H3,(H,23,24);1H. The van der Waals surface area contributed by atoms with Crippen molar-refractivity contribution in [1.29, 1.82) is 0 Å². The average Bonchev–Trinajstić information content (AvgIpc) is 3.08. The molecule has 1 aliphatic rings. The van der Waals surface area contributed by atoms with Gasteiger partial charge in [0.05, 0.1) is 12.6 Å². The molecule has 1 aliphatic heterocycles. The summed E-state index contributed by atoms with van der Waals surface area (Å²) in [4.78, 5) is 12.5. The van der Waals surface area contributed by atoms with Crippen molar-refractivity contribution in [3.05, 3.63) is 30.0 Å². The van der Waals surface area contributed by atoms with Gasteiger partial charge >= 0.3 is 0 Å². The van der Waals surface area contributed by atoms with Crippen molar-refractivity contribution in [2.45, 2.75) is 46.1 Å². The van der Waals surface area contributed by atoms with Gasteiger partial charge in [0, 0.05) is 11.8 Å². The second-order valence-corrected chi connectivity index (χ2v) is 7.31. The van der Waals surface area contributed by atoms with Gasteiger partial charge in [0.1, 0.15) is 5.76 Å². The topological polar surface area (TPSA) is 63.5 Å². The lowest BCUT2D eigenvalue weighted by Gasteiger charge is -2.28. The van der Waals surface area contributed by atoms with Crippen LogP contribution in [0.15, 0.2) is 28.7 Å². The van der Waals surface area contributed by atoms with E-state index in [0.29, 0.717) is 24.9 Å². The predicted octanol–water partition coefficient (Wildman–Crippen LogP) is 4.46. The maximum absolute atomic E-state index is 12.5. The van der Waals surface area contributed by atoms with Gasteiger partial charge in [-0.05, 0) is 63.7 Å². The Hall–Kier alpha value is -1.72. The number of carbonyl (C=O) groups excluding carboxylic acids is 1. The fourth-order valence-electron chi connectivity index (χ4n) is 3.78. The number of benzene rings is 1. The Balaban J connectivity index is 0.00000261. The van der Waals surface area contributed by atoms with Crippen LogP contribution in [0.3, 0.4) is 0 Å². The lowest BCUT2D eigenvalue weighted by atomic mass is 9.84. The number of carbonyl (C=O) groups is 1. The number of halogens is 1. The number of hydrogen-bond donors (Lipinski definition) is 2. The second-order valence-electron chi connectivity index (χ2n) is 7.31. The molecular weight excluding hydrogens is 364 g/mol. The van der Waals surface area contributed by atoms with E-state index in [0.717, 1.165) is 48.4 Å². The number of para-hydroxylation sites is 1. The first-order chi connectivity index (χ1) is 12.6. The molecule has 2 heterocycles. The number of amides is 1. The molecule has 1 aromatic carbocycles. The van der Waals surface area contributed by atoms with Gasteiger partial charge in [-0.1, -0.05) is 19.1 Å². The lowest BCUT2D eigenvalue weighted by Crippen LogP contribution is -2.34. The summed E-state index contributed by atoms with van der Waals surface area (Å²) in [6, 6.07) is 7.68. The molecule has 0 radical (unpaired) electrons. The molecule has 2 aromatic rings. The van der Waals surface area contributed by atoms with Crippen LogP contribution in [0, 0.1) is 11.8 Å². The van der Waals surface area contributed by atoms with Gasteiger partial charge in [0.25, 0.3) is 0 Å². The minimum absolute atomic E-state index is 0. The van der Waals surface area contributed by atoms with Crippen molar-refractivity contribution in [2.75, 3.05) is 19.7 Å². The molecule has 2 atom stereocenters. The summed E-state index contributed by atoms with van der Waals surface area (Å²) in [5, 5.41) is 7.46. The average molecular weight is 395 g/mol. The molecule has 0 aliphatic carbocycles. The molecule has 150 valence electrons. The molecular formula is C21H31ClN2O3. The highest BCUT2D eigenvalue weighted by Gasteiger charge is 2.23. The highest BCUT2D eigenvalue weighted by Crippen LogP contribution is 2.31. The van der Waals surface area contributed by atoms with E-state index >= 15 is 0 Å². The Morgan fingerprint density at radius 1 is 1.33 bits per heavy atom. The molecule has 0 spiro atoms. The third-order valence-electron chi connectivity index (χ3n) is 5.33. The quantitative estimate of drug-likeness (QED) is 0.727. The molecule has 1 fully saturated rings. The van der Waals surface area contributed by atoms with Crippen molar-refractivity contribution in [3.8, 4) is 5.75 Å². The minimum atomic E-state index is -0.162. The minimum Gasteiger partial charge on any atom is -0.490 e. The summed E-state index contributed by atoms with van der Waals surface area (Å²) in [5.41, 5.74) is 0.744. The van der Waals surface area contributed by atoms with E-state index in [1.165, 1.54) is 0 Å². The van der Waals surface area contributed by atoms with Gasteiger partial charge in [-0.25, -0.2) is 0 Å². The number of piperidine rings is 1. The Kier molecular flexibility index (Phi) is 7.99. The molecule has 0 saturated carbocycles. The van der Waals surface area contributed by atoms with E-state index in [1.807, 2.05) is 38.1 Å². The van der Waals surface area contributed by atoms with Gasteiger partial charge in [0.2, 0.25) is 5.91 Å². The van der Waals surface area contributed by atoms with Gasteiger partial charge in [-0.2, -0.15) is 0 Å². The second kappa shape index (κ2) is 10.00. The molecule has 2 unspecified atom stereocenters. The number of furan rings is 1. The SMILES string of the molecule is CCOc1cccc2cc(C(C)NC(=O)CC(C)C3CCNCC3)oc12.Cl. The third-order valence-corrected chi connectivity index (χ3v) is 5.33. The molecule has 1 aromatic heterocycles. The van der Waals surface area contributed by atoms with Crippen molar-refractivity contribution < 1.29 is 13.9 Å². The summed E-state index contributed by atoms with van der Waals surface area (Å²) in [7, 11) is 0. The van der Waals surface area contributed by atoms with E-state index < -0.39 is 0 Å². The smallest absolute Gasteiger partial charge is 0.220 e. The van der Waals surface area contributed by atoms with E-state index in [4.69, 9.17) is 9.15 Å². The number of fused-ring (bicyclic) bond motifs is 1. The molecule has 1 saturated heterocycles. The highest BCUT2D eigenvalue weighted by molar-refractivity contribution is 5.85. The fraction of sp³-hybridized carbons (Fsp3) is 0.571. The predicted molar refractivity (Wildman–Crippen MR) is 111 cm³/mol. The van der Waals surface area contributed by atoms with Crippen LogP contribution in [0.25, 0.3) is 11.0 Å². The zero-order valence-corrected chi connectivity index (χ0v) is 17.2. The Morgan fingerprint density at radius 2 is 2.07 bits per heavy atom. The van der Waals surface area contributed by atoms with E-state index in [9.17, 15) is 4.79 Å². The van der Waals surface area contributed by atoms with Crippen LogP contribution in [0.4, 0.5) is 0 Å². The van der Waals surface area contributed by atoms with E-state index in [2.05, 4.69) is 17.6 Å². The van der Waals surface area contributed by atoms with Crippen LogP contribution in [0.2, 0.25) is 0 Å². The fourth-order valence-corrected chi connectivity index (χ4v) is 3.78. The van der Waals surface area contributed by atoms with E-state index in [-0.39, 0.29) is 24.4 Å². The summed E-state index contributed by atoms with van der Waals surface area (Å²) in [6.45, 7) is 8.83. The van der Waals surface area contributed by atoms with Gasteiger partial charge in [0.15, 0.2) is 11.3 Å². The zero-order valence-electron chi connectivity index (χ0n) is 16.4. The van der Waals surface area contributed by atoms with Crippen LogP contribution in [0.1, 0.15) is 51.8 Å². The maximum Gasteiger partial charge on any atom is 0.220 e. The largest absolute Gasteiger partial charge is 0.490 e. The molecule has 0 bridgehead atoms. The van der Waals surface area contributed by atoms with Gasteiger partial charge in [-0.15, -0.1) is 12.4 Å². The first kappa shape index (κ1) is 21.6. The lowest BCUT2D eigenvalue weighted by molar-refractivity contribution is -0.123. The molecule has 2 N–H and O–H groups in total. The molecule has 6 heteroatoms. The molecule has 27 heavy (non-hydrogen) atoms. The Bertz CT molecular complexity index is 740. The molecule has 5 nitrogen and oxygen atoms in total. The third kappa shape index (κ3) is 5.39. The summed E-state index contributed by atoms with van der Waals surface area (Å²) < 4.78 is 11.6.